The number of hydrogen-bond donors (Lipinski definition) is 2. The van der Waals surface area contributed by atoms with Gasteiger partial charge in [0.2, 0.25) is 10.0 Å². The van der Waals surface area contributed by atoms with Crippen LogP contribution in [0.25, 0.3) is 11.4 Å². The fraction of sp³-hybridized carbons (Fsp3) is 0.500. The van der Waals surface area contributed by atoms with Gasteiger partial charge in [0, 0.05) is 49.4 Å². The van der Waals surface area contributed by atoms with Gasteiger partial charge in [0.15, 0.2) is 5.82 Å². The number of urea groups is 1. The summed E-state index contributed by atoms with van der Waals surface area (Å²) < 4.78 is 31.5. The first kappa shape index (κ1) is 23.4. The van der Waals surface area contributed by atoms with Crippen LogP contribution in [0.4, 0.5) is 16.3 Å². The van der Waals surface area contributed by atoms with Crippen molar-refractivity contribution in [2.24, 2.45) is 0 Å². The normalized spacial score (nSPS) is 19.1. The van der Waals surface area contributed by atoms with Gasteiger partial charge in [-0.15, -0.1) is 0 Å². The molecule has 2 aromatic rings. The highest BCUT2D eigenvalue weighted by molar-refractivity contribution is 7.88. The summed E-state index contributed by atoms with van der Waals surface area (Å²) in [5, 5.41) is 5.48. The molecule has 1 aromatic carbocycles. The molecule has 0 radical (unpaired) electrons. The van der Waals surface area contributed by atoms with Crippen molar-refractivity contribution in [1.29, 1.82) is 0 Å². The van der Waals surface area contributed by atoms with Crippen molar-refractivity contribution < 1.29 is 17.9 Å². The van der Waals surface area contributed by atoms with Gasteiger partial charge < -0.3 is 20.3 Å². The molecule has 3 heterocycles. The largest absolute Gasteiger partial charge is 0.377 e. The number of carbonyl (C=O) groups excluding carboxylic acids is 1. The summed E-state index contributed by atoms with van der Waals surface area (Å²) in [6, 6.07) is 7.24. The van der Waals surface area contributed by atoms with E-state index in [0.717, 1.165) is 22.6 Å². The van der Waals surface area contributed by atoms with E-state index in [1.165, 1.54) is 10.6 Å². The van der Waals surface area contributed by atoms with Crippen LogP contribution < -0.4 is 15.5 Å². The lowest BCUT2D eigenvalue weighted by Gasteiger charge is -2.37. The molecule has 2 amide bonds. The molecule has 33 heavy (non-hydrogen) atoms. The molecule has 0 spiro atoms. The number of fused-ring (bicyclic) bond motifs is 1. The van der Waals surface area contributed by atoms with Crippen molar-refractivity contribution in [1.82, 2.24) is 19.6 Å². The Hall–Kier alpha value is -2.76. The minimum atomic E-state index is -3.32. The number of sulfonamides is 1. The summed E-state index contributed by atoms with van der Waals surface area (Å²) in [7, 11) is -3.32. The van der Waals surface area contributed by atoms with Gasteiger partial charge >= 0.3 is 6.03 Å². The Labute approximate surface area is 194 Å². The van der Waals surface area contributed by atoms with E-state index in [-0.39, 0.29) is 18.6 Å². The average molecular weight is 475 g/mol. The molecule has 0 bridgehead atoms. The van der Waals surface area contributed by atoms with Crippen molar-refractivity contribution in [3.8, 4) is 11.4 Å². The molecule has 2 aliphatic heterocycles. The van der Waals surface area contributed by atoms with Gasteiger partial charge in [-0.2, -0.15) is 4.31 Å². The number of morpholine rings is 1. The van der Waals surface area contributed by atoms with Crippen molar-refractivity contribution in [2.75, 3.05) is 49.3 Å². The molecule has 178 valence electrons. The molecule has 10 nitrogen and oxygen atoms in total. The summed E-state index contributed by atoms with van der Waals surface area (Å²) in [5.74, 6) is 1.35. The maximum atomic E-state index is 12.2. The van der Waals surface area contributed by atoms with Crippen molar-refractivity contribution in [2.45, 2.75) is 32.9 Å². The van der Waals surface area contributed by atoms with Gasteiger partial charge in [-0.05, 0) is 38.1 Å². The Balaban J connectivity index is 1.70. The van der Waals surface area contributed by atoms with Crippen LogP contribution in [0.5, 0.6) is 0 Å². The maximum Gasteiger partial charge on any atom is 0.319 e. The molecule has 1 fully saturated rings. The molecule has 1 atom stereocenters. The van der Waals surface area contributed by atoms with Gasteiger partial charge in [0.1, 0.15) is 5.82 Å². The molecular formula is C22H30N6O4S. The average Bonchev–Trinajstić information content (AvgIpc) is 2.78. The number of carbonyl (C=O) groups is 1. The lowest BCUT2D eigenvalue weighted by Crippen LogP contribution is -2.46. The second-order valence-electron chi connectivity index (χ2n) is 8.32. The number of nitrogens with one attached hydrogen (secondary N) is 2. The molecule has 0 unspecified atom stereocenters. The first-order valence-electron chi connectivity index (χ1n) is 11.1. The third kappa shape index (κ3) is 5.26. The van der Waals surface area contributed by atoms with E-state index < -0.39 is 10.0 Å². The monoisotopic (exact) mass is 474 g/mol. The van der Waals surface area contributed by atoms with E-state index in [2.05, 4.69) is 22.5 Å². The minimum Gasteiger partial charge on any atom is -0.377 e. The number of nitrogens with zero attached hydrogens (tertiary/aromatic N) is 4. The van der Waals surface area contributed by atoms with Crippen molar-refractivity contribution in [3.63, 3.8) is 0 Å². The van der Waals surface area contributed by atoms with Crippen LogP contribution in [0.3, 0.4) is 0 Å². The molecule has 1 aromatic heterocycles. The van der Waals surface area contributed by atoms with Crippen LogP contribution in [0.1, 0.15) is 25.1 Å². The Kier molecular flexibility index (Phi) is 6.82. The number of ether oxygens (including phenoxy) is 1. The Morgan fingerprint density at radius 3 is 2.64 bits per heavy atom. The van der Waals surface area contributed by atoms with Crippen LogP contribution in [0.2, 0.25) is 0 Å². The highest BCUT2D eigenvalue weighted by atomic mass is 32.2. The van der Waals surface area contributed by atoms with Crippen molar-refractivity contribution >= 4 is 27.6 Å². The van der Waals surface area contributed by atoms with Crippen LogP contribution in [-0.4, -0.2) is 73.9 Å². The van der Waals surface area contributed by atoms with Gasteiger partial charge in [-0.25, -0.2) is 23.2 Å². The number of amides is 2. The second kappa shape index (κ2) is 9.62. The Morgan fingerprint density at radius 2 is 1.97 bits per heavy atom. The standard InChI is InChI=1S/C22H30N6O4S/c1-4-23-22(29)24-17-7-5-16(6-8-17)20-25-19-9-10-27(33(3,30)31)13-18(19)21(26-20)28-11-12-32-14-15(28)2/h5-8,15H,4,9-14H2,1-3H3,(H2,23,24,29)/t15-/m0/s1. The van der Waals surface area contributed by atoms with Crippen LogP contribution in [-0.2, 0) is 27.7 Å². The maximum absolute atomic E-state index is 12.2. The molecule has 0 aliphatic carbocycles. The zero-order chi connectivity index (χ0) is 23.6. The predicted molar refractivity (Wildman–Crippen MR) is 127 cm³/mol. The number of aromatic nitrogens is 2. The zero-order valence-corrected chi connectivity index (χ0v) is 20.0. The third-order valence-electron chi connectivity index (χ3n) is 5.85. The van der Waals surface area contributed by atoms with E-state index in [1.54, 1.807) is 0 Å². The Bertz CT molecular complexity index is 1120. The number of benzene rings is 1. The van der Waals surface area contributed by atoms with Crippen LogP contribution in [0, 0.1) is 0 Å². The highest BCUT2D eigenvalue weighted by Crippen LogP contribution is 2.32. The van der Waals surface area contributed by atoms with E-state index in [4.69, 9.17) is 14.7 Å². The van der Waals surface area contributed by atoms with Crippen LogP contribution >= 0.6 is 0 Å². The summed E-state index contributed by atoms with van der Waals surface area (Å²) in [5.41, 5.74) is 3.23. The first-order chi connectivity index (χ1) is 15.8. The molecule has 2 N–H and O–H groups in total. The number of hydrogen-bond acceptors (Lipinski definition) is 7. The number of rotatable bonds is 5. The minimum absolute atomic E-state index is 0.114. The zero-order valence-electron chi connectivity index (χ0n) is 19.2. The van der Waals surface area contributed by atoms with E-state index in [0.29, 0.717) is 50.8 Å². The quantitative estimate of drug-likeness (QED) is 0.679. The summed E-state index contributed by atoms with van der Waals surface area (Å²) in [6.07, 6.45) is 1.76. The SMILES string of the molecule is CCNC(=O)Nc1ccc(-c2nc3c(c(N4CCOC[C@@H]4C)n2)CN(S(C)(=O)=O)CC3)cc1. The summed E-state index contributed by atoms with van der Waals surface area (Å²) >= 11 is 0. The second-order valence-corrected chi connectivity index (χ2v) is 10.3. The van der Waals surface area contributed by atoms with Gasteiger partial charge in [0.05, 0.1) is 31.2 Å². The summed E-state index contributed by atoms with van der Waals surface area (Å²) in [6.45, 7) is 7.01. The lowest BCUT2D eigenvalue weighted by atomic mass is 10.1. The van der Waals surface area contributed by atoms with Gasteiger partial charge in [0.25, 0.3) is 0 Å². The molecule has 11 heteroatoms. The van der Waals surface area contributed by atoms with Crippen LogP contribution in [0.15, 0.2) is 24.3 Å². The topological polar surface area (TPSA) is 117 Å². The Morgan fingerprint density at radius 1 is 1.21 bits per heavy atom. The predicted octanol–water partition coefficient (Wildman–Crippen LogP) is 1.83. The molecule has 0 saturated carbocycles. The smallest absolute Gasteiger partial charge is 0.319 e. The summed E-state index contributed by atoms with van der Waals surface area (Å²) in [4.78, 5) is 23.7. The fourth-order valence-corrected chi connectivity index (χ4v) is 4.89. The molecule has 4 rings (SSSR count). The number of anilines is 2. The highest BCUT2D eigenvalue weighted by Gasteiger charge is 2.31. The van der Waals surface area contributed by atoms with Gasteiger partial charge in [-0.1, -0.05) is 0 Å². The molecule has 2 aliphatic rings. The van der Waals surface area contributed by atoms with E-state index in [9.17, 15) is 13.2 Å². The van der Waals surface area contributed by atoms with E-state index in [1.807, 2.05) is 31.2 Å². The van der Waals surface area contributed by atoms with Gasteiger partial charge in [-0.3, -0.25) is 0 Å². The third-order valence-corrected chi connectivity index (χ3v) is 7.10. The lowest BCUT2D eigenvalue weighted by molar-refractivity contribution is 0.0983. The van der Waals surface area contributed by atoms with E-state index >= 15 is 0 Å². The molecular weight excluding hydrogens is 444 g/mol. The fourth-order valence-electron chi connectivity index (χ4n) is 4.10. The van der Waals surface area contributed by atoms with Crippen molar-refractivity contribution in [3.05, 3.63) is 35.5 Å². The molecule has 1 saturated heterocycles. The first-order valence-corrected chi connectivity index (χ1v) is 13.0.